The zero-order valence-corrected chi connectivity index (χ0v) is 11.7. The van der Waals surface area contributed by atoms with Crippen molar-refractivity contribution >= 4 is 0 Å². The topological polar surface area (TPSA) is 0 Å². The smallest absolute Gasteiger partial charge is 0.00750 e. The van der Waals surface area contributed by atoms with Crippen molar-refractivity contribution in [2.75, 3.05) is 0 Å². The SMILES string of the molecule is CC1(c2cccc(-c3ccccc3)c2)CCCCC1. The molecule has 0 N–H and O–H groups in total. The van der Waals surface area contributed by atoms with Crippen molar-refractivity contribution in [2.24, 2.45) is 0 Å². The van der Waals surface area contributed by atoms with Crippen LogP contribution >= 0.6 is 0 Å². The minimum Gasteiger partial charge on any atom is -0.0622 e. The Hall–Kier alpha value is -1.56. The van der Waals surface area contributed by atoms with Gasteiger partial charge in [0, 0.05) is 0 Å². The summed E-state index contributed by atoms with van der Waals surface area (Å²) in [5.74, 6) is 0. The molecule has 19 heavy (non-hydrogen) atoms. The molecule has 0 spiro atoms. The molecule has 0 radical (unpaired) electrons. The number of hydrogen-bond donors (Lipinski definition) is 0. The fourth-order valence-electron chi connectivity index (χ4n) is 3.33. The third kappa shape index (κ3) is 2.58. The van der Waals surface area contributed by atoms with Crippen LogP contribution in [0.3, 0.4) is 0 Å². The molecule has 0 unspecified atom stereocenters. The molecule has 2 aromatic rings. The molecule has 0 atom stereocenters. The second-order valence-electron chi connectivity index (χ2n) is 6.07. The highest BCUT2D eigenvalue weighted by molar-refractivity contribution is 5.64. The van der Waals surface area contributed by atoms with E-state index in [1.54, 1.807) is 0 Å². The van der Waals surface area contributed by atoms with Crippen molar-refractivity contribution < 1.29 is 0 Å². The predicted molar refractivity (Wildman–Crippen MR) is 82.3 cm³/mol. The monoisotopic (exact) mass is 250 g/mol. The minimum absolute atomic E-state index is 0.392. The zero-order chi connectivity index (χ0) is 13.1. The fourth-order valence-corrected chi connectivity index (χ4v) is 3.33. The van der Waals surface area contributed by atoms with E-state index in [9.17, 15) is 0 Å². The van der Waals surface area contributed by atoms with Crippen LogP contribution in [-0.4, -0.2) is 0 Å². The van der Waals surface area contributed by atoms with Gasteiger partial charge in [0.1, 0.15) is 0 Å². The lowest BCUT2D eigenvalue weighted by Gasteiger charge is -2.34. The maximum Gasteiger partial charge on any atom is -0.00750 e. The predicted octanol–water partition coefficient (Wildman–Crippen LogP) is 5.58. The van der Waals surface area contributed by atoms with Gasteiger partial charge in [0.15, 0.2) is 0 Å². The summed E-state index contributed by atoms with van der Waals surface area (Å²) in [4.78, 5) is 0. The summed E-state index contributed by atoms with van der Waals surface area (Å²) in [5, 5.41) is 0. The van der Waals surface area contributed by atoms with Gasteiger partial charge in [0.05, 0.1) is 0 Å². The third-order valence-corrected chi connectivity index (χ3v) is 4.62. The Labute approximate surface area is 116 Å². The van der Waals surface area contributed by atoms with Crippen LogP contribution in [0.25, 0.3) is 11.1 Å². The highest BCUT2D eigenvalue weighted by Gasteiger charge is 2.28. The molecule has 1 fully saturated rings. The van der Waals surface area contributed by atoms with E-state index >= 15 is 0 Å². The van der Waals surface area contributed by atoms with Gasteiger partial charge >= 0.3 is 0 Å². The van der Waals surface area contributed by atoms with Gasteiger partial charge in [-0.2, -0.15) is 0 Å². The molecule has 0 nitrogen and oxygen atoms in total. The van der Waals surface area contributed by atoms with E-state index in [2.05, 4.69) is 61.5 Å². The highest BCUT2D eigenvalue weighted by Crippen LogP contribution is 2.39. The average Bonchev–Trinajstić information content (AvgIpc) is 2.49. The van der Waals surface area contributed by atoms with E-state index in [1.165, 1.54) is 48.8 Å². The Morgan fingerprint density at radius 1 is 0.737 bits per heavy atom. The first-order valence-corrected chi connectivity index (χ1v) is 7.44. The molecule has 1 aliphatic rings. The van der Waals surface area contributed by atoms with Crippen LogP contribution < -0.4 is 0 Å². The summed E-state index contributed by atoms with van der Waals surface area (Å²) >= 11 is 0. The van der Waals surface area contributed by atoms with Gasteiger partial charge in [-0.3, -0.25) is 0 Å². The Kier molecular flexibility index (Phi) is 3.42. The number of hydrogen-bond acceptors (Lipinski definition) is 0. The van der Waals surface area contributed by atoms with E-state index < -0.39 is 0 Å². The van der Waals surface area contributed by atoms with E-state index in [4.69, 9.17) is 0 Å². The Balaban J connectivity index is 1.96. The third-order valence-electron chi connectivity index (χ3n) is 4.62. The van der Waals surface area contributed by atoms with Gasteiger partial charge in [-0.05, 0) is 34.9 Å². The molecule has 0 bridgehead atoms. The molecule has 3 rings (SSSR count). The summed E-state index contributed by atoms with van der Waals surface area (Å²) in [7, 11) is 0. The minimum atomic E-state index is 0.392. The maximum absolute atomic E-state index is 2.44. The molecule has 0 heterocycles. The molecule has 2 aromatic carbocycles. The van der Waals surface area contributed by atoms with Gasteiger partial charge in [-0.1, -0.05) is 80.8 Å². The van der Waals surface area contributed by atoms with Crippen LogP contribution in [0.2, 0.25) is 0 Å². The van der Waals surface area contributed by atoms with Crippen LogP contribution in [0.4, 0.5) is 0 Å². The van der Waals surface area contributed by atoms with Gasteiger partial charge in [0.25, 0.3) is 0 Å². The molecule has 1 saturated carbocycles. The largest absolute Gasteiger partial charge is 0.0622 e. The molecule has 98 valence electrons. The van der Waals surface area contributed by atoms with Crippen LogP contribution in [-0.2, 0) is 5.41 Å². The lowest BCUT2D eigenvalue weighted by molar-refractivity contribution is 0.319. The van der Waals surface area contributed by atoms with Crippen molar-refractivity contribution in [1.29, 1.82) is 0 Å². The fraction of sp³-hybridized carbons (Fsp3) is 0.368. The van der Waals surface area contributed by atoms with Crippen molar-refractivity contribution in [2.45, 2.75) is 44.4 Å². The first kappa shape index (κ1) is 12.5. The zero-order valence-electron chi connectivity index (χ0n) is 11.7. The first-order chi connectivity index (χ1) is 9.28. The Morgan fingerprint density at radius 2 is 1.42 bits per heavy atom. The molecule has 0 heteroatoms. The van der Waals surface area contributed by atoms with E-state index in [-0.39, 0.29) is 0 Å². The highest BCUT2D eigenvalue weighted by atomic mass is 14.3. The maximum atomic E-state index is 2.44. The summed E-state index contributed by atoms with van der Waals surface area (Å²) < 4.78 is 0. The van der Waals surface area contributed by atoms with Gasteiger partial charge in [-0.25, -0.2) is 0 Å². The molecule has 0 amide bonds. The quantitative estimate of drug-likeness (QED) is 0.653. The summed E-state index contributed by atoms with van der Waals surface area (Å²) in [6, 6.07) is 19.9. The molecule has 0 aliphatic heterocycles. The molecule has 0 aromatic heterocycles. The lowest BCUT2D eigenvalue weighted by Crippen LogP contribution is -2.24. The molecule has 0 saturated heterocycles. The average molecular weight is 250 g/mol. The lowest BCUT2D eigenvalue weighted by atomic mass is 9.70. The second kappa shape index (κ2) is 5.21. The molecular weight excluding hydrogens is 228 g/mol. The van der Waals surface area contributed by atoms with E-state index in [0.717, 1.165) is 0 Å². The van der Waals surface area contributed by atoms with Gasteiger partial charge < -0.3 is 0 Å². The molecule has 1 aliphatic carbocycles. The standard InChI is InChI=1S/C19H22/c1-19(13-6-3-7-14-19)18-12-8-11-17(15-18)16-9-4-2-5-10-16/h2,4-5,8-12,15H,3,6-7,13-14H2,1H3. The van der Waals surface area contributed by atoms with E-state index in [1.807, 2.05) is 0 Å². The van der Waals surface area contributed by atoms with Crippen LogP contribution in [0.1, 0.15) is 44.6 Å². The van der Waals surface area contributed by atoms with Crippen LogP contribution in [0.5, 0.6) is 0 Å². The Morgan fingerprint density at radius 3 is 2.16 bits per heavy atom. The summed E-state index contributed by atoms with van der Waals surface area (Å²) in [6.45, 7) is 2.44. The molecular formula is C19H22. The first-order valence-electron chi connectivity index (χ1n) is 7.44. The number of rotatable bonds is 2. The van der Waals surface area contributed by atoms with Gasteiger partial charge in [0.2, 0.25) is 0 Å². The van der Waals surface area contributed by atoms with Crippen molar-refractivity contribution in [1.82, 2.24) is 0 Å². The summed E-state index contributed by atoms with van der Waals surface area (Å²) in [6.07, 6.45) is 6.85. The number of benzene rings is 2. The van der Waals surface area contributed by atoms with Crippen LogP contribution in [0.15, 0.2) is 54.6 Å². The van der Waals surface area contributed by atoms with Crippen LogP contribution in [0, 0.1) is 0 Å². The van der Waals surface area contributed by atoms with E-state index in [0.29, 0.717) is 5.41 Å². The Bertz CT molecular complexity index is 533. The van der Waals surface area contributed by atoms with Gasteiger partial charge in [-0.15, -0.1) is 0 Å². The summed E-state index contributed by atoms with van der Waals surface area (Å²) in [5.41, 5.74) is 4.59. The van der Waals surface area contributed by atoms with Crippen molar-refractivity contribution in [3.63, 3.8) is 0 Å². The second-order valence-corrected chi connectivity index (χ2v) is 6.07. The normalized spacial score (nSPS) is 18.2. The van der Waals surface area contributed by atoms with Crippen molar-refractivity contribution in [3.05, 3.63) is 60.2 Å². The van der Waals surface area contributed by atoms with Crippen molar-refractivity contribution in [3.8, 4) is 11.1 Å².